The Morgan fingerprint density at radius 2 is 2.08 bits per heavy atom. The number of amides is 1. The van der Waals surface area contributed by atoms with Gasteiger partial charge in [-0.1, -0.05) is 22.8 Å². The van der Waals surface area contributed by atoms with Gasteiger partial charge in [-0.25, -0.2) is 0 Å². The van der Waals surface area contributed by atoms with Gasteiger partial charge in [-0.05, 0) is 43.3 Å². The number of carbonyl (C=O) groups excluding carboxylic acids is 1. The summed E-state index contributed by atoms with van der Waals surface area (Å²) in [7, 11) is 1.56. The first-order valence-corrected chi connectivity index (χ1v) is 8.01. The highest BCUT2D eigenvalue weighted by atomic mass is 35.5. The van der Waals surface area contributed by atoms with Crippen LogP contribution in [0.25, 0.3) is 0 Å². The van der Waals surface area contributed by atoms with Crippen molar-refractivity contribution in [3.05, 3.63) is 53.1 Å². The molecule has 2 rings (SSSR count). The molecule has 6 nitrogen and oxygen atoms in total. The molecule has 2 aromatic carbocycles. The smallest absolute Gasteiger partial charge is 0.265 e. The van der Waals surface area contributed by atoms with Gasteiger partial charge >= 0.3 is 0 Å². The molecule has 25 heavy (non-hydrogen) atoms. The summed E-state index contributed by atoms with van der Waals surface area (Å²) in [5.74, 6) is 0.928. The lowest BCUT2D eigenvalue weighted by Gasteiger charge is -2.09. The van der Waals surface area contributed by atoms with Crippen LogP contribution < -0.4 is 14.8 Å². The standard InChI is InChI=1S/C18H19ClN2O4/c1-3-24-16-8-7-13(9-17(16)23-2)11-20-25-12-18(22)21-15-6-4-5-14(19)10-15/h4-11H,3,12H2,1-2H3,(H,21,22)/b20-11+. The Hall–Kier alpha value is -2.73. The Balaban J connectivity index is 1.85. The van der Waals surface area contributed by atoms with Gasteiger partial charge in [0.1, 0.15) is 0 Å². The summed E-state index contributed by atoms with van der Waals surface area (Å²) in [5, 5.41) is 6.99. The Morgan fingerprint density at radius 1 is 1.24 bits per heavy atom. The monoisotopic (exact) mass is 362 g/mol. The number of anilines is 1. The van der Waals surface area contributed by atoms with E-state index in [1.807, 2.05) is 13.0 Å². The predicted octanol–water partition coefficient (Wildman–Crippen LogP) is 3.74. The lowest BCUT2D eigenvalue weighted by Crippen LogP contribution is -2.16. The molecule has 0 unspecified atom stereocenters. The number of methoxy groups -OCH3 is 1. The molecule has 1 amide bonds. The normalized spacial score (nSPS) is 10.5. The summed E-state index contributed by atoms with van der Waals surface area (Å²) < 4.78 is 10.7. The van der Waals surface area contributed by atoms with Crippen LogP contribution in [0.2, 0.25) is 5.02 Å². The van der Waals surface area contributed by atoms with E-state index in [4.69, 9.17) is 25.9 Å². The molecule has 0 aliphatic rings. The van der Waals surface area contributed by atoms with Crippen LogP contribution in [0.4, 0.5) is 5.69 Å². The van der Waals surface area contributed by atoms with E-state index in [2.05, 4.69) is 10.5 Å². The van der Waals surface area contributed by atoms with Crippen LogP contribution in [0.15, 0.2) is 47.6 Å². The number of carbonyl (C=O) groups is 1. The van der Waals surface area contributed by atoms with E-state index < -0.39 is 0 Å². The molecule has 0 bridgehead atoms. The number of hydrogen-bond acceptors (Lipinski definition) is 5. The molecule has 1 N–H and O–H groups in total. The second kappa shape index (κ2) is 9.54. The van der Waals surface area contributed by atoms with Crippen molar-refractivity contribution in [3.63, 3.8) is 0 Å². The molecular formula is C18H19ClN2O4. The van der Waals surface area contributed by atoms with E-state index in [0.29, 0.717) is 28.8 Å². The Bertz CT molecular complexity index is 750. The highest BCUT2D eigenvalue weighted by Gasteiger charge is 2.05. The van der Waals surface area contributed by atoms with Gasteiger partial charge in [0, 0.05) is 16.3 Å². The Labute approximate surface area is 151 Å². The predicted molar refractivity (Wildman–Crippen MR) is 97.8 cm³/mol. The fourth-order valence-electron chi connectivity index (χ4n) is 2.00. The molecule has 0 fully saturated rings. The van der Waals surface area contributed by atoms with E-state index in [1.165, 1.54) is 6.21 Å². The summed E-state index contributed by atoms with van der Waals surface area (Å²) >= 11 is 5.85. The number of oxime groups is 1. The third kappa shape index (κ3) is 6.00. The third-order valence-corrected chi connectivity index (χ3v) is 3.30. The average Bonchev–Trinajstić information content (AvgIpc) is 2.60. The number of nitrogens with zero attached hydrogens (tertiary/aromatic N) is 1. The van der Waals surface area contributed by atoms with Gasteiger partial charge in [0.15, 0.2) is 18.1 Å². The summed E-state index contributed by atoms with van der Waals surface area (Å²) in [6.07, 6.45) is 1.49. The van der Waals surface area contributed by atoms with Crippen molar-refractivity contribution < 1.29 is 19.1 Å². The molecule has 7 heteroatoms. The molecule has 0 aromatic heterocycles. The van der Waals surface area contributed by atoms with Crippen LogP contribution in [0.5, 0.6) is 11.5 Å². The molecule has 0 aliphatic heterocycles. The number of halogens is 1. The van der Waals surface area contributed by atoms with E-state index in [1.54, 1.807) is 43.5 Å². The quantitative estimate of drug-likeness (QED) is 0.573. The topological polar surface area (TPSA) is 69.2 Å². The van der Waals surface area contributed by atoms with E-state index >= 15 is 0 Å². The fourth-order valence-corrected chi connectivity index (χ4v) is 2.19. The maximum absolute atomic E-state index is 11.8. The van der Waals surface area contributed by atoms with Gasteiger partial charge in [0.2, 0.25) is 0 Å². The van der Waals surface area contributed by atoms with Crippen LogP contribution >= 0.6 is 11.6 Å². The summed E-state index contributed by atoms with van der Waals surface area (Å²) in [6, 6.07) is 12.2. The second-order valence-electron chi connectivity index (χ2n) is 4.91. The Morgan fingerprint density at radius 3 is 2.80 bits per heavy atom. The zero-order valence-corrected chi connectivity index (χ0v) is 14.7. The molecule has 0 radical (unpaired) electrons. The highest BCUT2D eigenvalue weighted by Crippen LogP contribution is 2.27. The average molecular weight is 363 g/mol. The van der Waals surface area contributed by atoms with Crippen molar-refractivity contribution in [2.75, 3.05) is 25.6 Å². The molecule has 0 aliphatic carbocycles. The van der Waals surface area contributed by atoms with Gasteiger partial charge in [0.25, 0.3) is 5.91 Å². The van der Waals surface area contributed by atoms with Crippen LogP contribution in [0.1, 0.15) is 12.5 Å². The van der Waals surface area contributed by atoms with Gasteiger partial charge in [-0.2, -0.15) is 0 Å². The van der Waals surface area contributed by atoms with Crippen molar-refractivity contribution in [3.8, 4) is 11.5 Å². The lowest BCUT2D eigenvalue weighted by molar-refractivity contribution is -0.120. The number of nitrogens with one attached hydrogen (secondary N) is 1. The Kier molecular flexibility index (Phi) is 7.10. The summed E-state index contributed by atoms with van der Waals surface area (Å²) in [5.41, 5.74) is 1.36. The fraction of sp³-hybridized carbons (Fsp3) is 0.222. The van der Waals surface area contributed by atoms with Gasteiger partial charge < -0.3 is 19.6 Å². The maximum atomic E-state index is 11.8. The minimum Gasteiger partial charge on any atom is -0.493 e. The molecular weight excluding hydrogens is 344 g/mol. The number of benzene rings is 2. The molecule has 0 atom stereocenters. The van der Waals surface area contributed by atoms with Crippen molar-refractivity contribution in [2.45, 2.75) is 6.92 Å². The molecule has 0 spiro atoms. The lowest BCUT2D eigenvalue weighted by atomic mass is 10.2. The van der Waals surface area contributed by atoms with Gasteiger partial charge in [0.05, 0.1) is 19.9 Å². The minimum atomic E-state index is -0.330. The number of ether oxygens (including phenoxy) is 2. The van der Waals surface area contributed by atoms with Crippen molar-refractivity contribution in [1.82, 2.24) is 0 Å². The first kappa shape index (κ1) is 18.6. The van der Waals surface area contributed by atoms with Crippen molar-refractivity contribution in [1.29, 1.82) is 0 Å². The molecule has 0 heterocycles. The first-order chi connectivity index (χ1) is 12.1. The summed E-state index contributed by atoms with van der Waals surface area (Å²) in [6.45, 7) is 2.24. The van der Waals surface area contributed by atoms with E-state index in [-0.39, 0.29) is 12.5 Å². The largest absolute Gasteiger partial charge is 0.493 e. The molecule has 132 valence electrons. The van der Waals surface area contributed by atoms with Crippen LogP contribution in [0.3, 0.4) is 0 Å². The zero-order chi connectivity index (χ0) is 18.1. The van der Waals surface area contributed by atoms with Crippen LogP contribution in [-0.2, 0) is 9.63 Å². The molecule has 0 saturated heterocycles. The highest BCUT2D eigenvalue weighted by molar-refractivity contribution is 6.30. The summed E-state index contributed by atoms with van der Waals surface area (Å²) in [4.78, 5) is 16.8. The number of rotatable bonds is 8. The van der Waals surface area contributed by atoms with Gasteiger partial charge in [-0.3, -0.25) is 4.79 Å². The third-order valence-electron chi connectivity index (χ3n) is 3.07. The van der Waals surface area contributed by atoms with Crippen molar-refractivity contribution in [2.24, 2.45) is 5.16 Å². The van der Waals surface area contributed by atoms with Crippen LogP contribution in [0, 0.1) is 0 Å². The SMILES string of the molecule is CCOc1ccc(/C=N/OCC(=O)Nc2cccc(Cl)c2)cc1OC. The van der Waals surface area contributed by atoms with Crippen LogP contribution in [-0.4, -0.2) is 32.4 Å². The first-order valence-electron chi connectivity index (χ1n) is 7.64. The second-order valence-corrected chi connectivity index (χ2v) is 5.35. The zero-order valence-electron chi connectivity index (χ0n) is 14.0. The maximum Gasteiger partial charge on any atom is 0.265 e. The van der Waals surface area contributed by atoms with Gasteiger partial charge in [-0.15, -0.1) is 0 Å². The number of hydrogen-bond donors (Lipinski definition) is 1. The minimum absolute atomic E-state index is 0.211. The molecule has 0 saturated carbocycles. The molecule has 2 aromatic rings. The van der Waals surface area contributed by atoms with E-state index in [9.17, 15) is 4.79 Å². The van der Waals surface area contributed by atoms with E-state index in [0.717, 1.165) is 5.56 Å². The van der Waals surface area contributed by atoms with Crippen molar-refractivity contribution >= 4 is 29.4 Å².